The minimum absolute atomic E-state index is 0.0749. The van der Waals surface area contributed by atoms with Gasteiger partial charge in [0, 0.05) is 7.05 Å². The van der Waals surface area contributed by atoms with Gasteiger partial charge < -0.3 is 5.11 Å². The average Bonchev–Trinajstić information content (AvgIpc) is 2.61. The molecule has 0 aliphatic rings. The van der Waals surface area contributed by atoms with Gasteiger partial charge in [-0.3, -0.25) is 4.57 Å². The van der Waals surface area contributed by atoms with Crippen molar-refractivity contribution in [1.82, 2.24) is 9.55 Å². The zero-order chi connectivity index (χ0) is 15.2. The summed E-state index contributed by atoms with van der Waals surface area (Å²) in [4.78, 5) is 3.89. The molecule has 0 fully saturated rings. The van der Waals surface area contributed by atoms with Gasteiger partial charge in [-0.15, -0.1) is 0 Å². The van der Waals surface area contributed by atoms with Crippen molar-refractivity contribution in [3.8, 4) is 6.01 Å². The normalized spacial score (nSPS) is 14.2. The van der Waals surface area contributed by atoms with Crippen molar-refractivity contribution in [1.29, 1.82) is 0 Å². The van der Waals surface area contributed by atoms with Gasteiger partial charge in [0.25, 0.3) is 6.01 Å². The van der Waals surface area contributed by atoms with Crippen molar-refractivity contribution >= 4 is 11.0 Å². The van der Waals surface area contributed by atoms with E-state index >= 15 is 0 Å². The van der Waals surface area contributed by atoms with Gasteiger partial charge in [-0.2, -0.15) is 18.2 Å². The number of benzene rings is 1. The zero-order valence-corrected chi connectivity index (χ0v) is 11.8. The van der Waals surface area contributed by atoms with E-state index in [4.69, 9.17) is 0 Å². The number of imidazole rings is 1. The fourth-order valence-electron chi connectivity index (χ4n) is 2.22. The number of fused-ring (bicyclic) bond motifs is 1. The third-order valence-corrected chi connectivity index (χ3v) is 3.82. The molecule has 6 heteroatoms. The molecule has 0 aliphatic heterocycles. The van der Waals surface area contributed by atoms with Crippen molar-refractivity contribution in [2.24, 2.45) is 13.0 Å². The molecule has 1 atom stereocenters. The molecule has 1 N–H and O–H groups in total. The summed E-state index contributed by atoms with van der Waals surface area (Å²) in [5.74, 6) is -0.175. The number of aromatic nitrogens is 2. The minimum atomic E-state index is -4.42. The van der Waals surface area contributed by atoms with Crippen molar-refractivity contribution in [2.75, 3.05) is 0 Å². The largest absolute Gasteiger partial charge is 0.480 e. The number of hydrogen-bond donors (Lipinski definition) is 1. The van der Waals surface area contributed by atoms with Gasteiger partial charge in [0.15, 0.2) is 0 Å². The molecule has 1 aromatic heterocycles. The lowest BCUT2D eigenvalue weighted by atomic mass is 9.86. The summed E-state index contributed by atoms with van der Waals surface area (Å²) < 4.78 is 41.0. The van der Waals surface area contributed by atoms with Gasteiger partial charge in [0.05, 0.1) is 16.6 Å². The number of rotatable bonds is 2. The van der Waals surface area contributed by atoms with E-state index in [2.05, 4.69) is 4.98 Å². The Morgan fingerprint density at radius 2 is 1.80 bits per heavy atom. The standard InChI is InChI=1S/C14H17F3N2O/c1-7(2)8(3)9-5-11-12(19(4)13(20)18-11)6-10(9)14(15,16)17/h5-8H,1-4H3,(H,18,20). The van der Waals surface area contributed by atoms with E-state index in [9.17, 15) is 18.3 Å². The van der Waals surface area contributed by atoms with Crippen LogP contribution in [0.2, 0.25) is 0 Å². The Bertz CT molecular complexity index is 644. The molecule has 2 aromatic rings. The molecular formula is C14H17F3N2O. The molecular weight excluding hydrogens is 269 g/mol. The summed E-state index contributed by atoms with van der Waals surface area (Å²) in [5.41, 5.74) is 0.210. The minimum Gasteiger partial charge on any atom is -0.480 e. The topological polar surface area (TPSA) is 38.1 Å². The van der Waals surface area contributed by atoms with Crippen LogP contribution in [0.25, 0.3) is 11.0 Å². The second kappa shape index (κ2) is 4.68. The number of nitrogens with zero attached hydrogens (tertiary/aromatic N) is 2. The molecule has 110 valence electrons. The number of alkyl halides is 3. The molecule has 0 bridgehead atoms. The van der Waals surface area contributed by atoms with Crippen LogP contribution in [0.5, 0.6) is 6.01 Å². The van der Waals surface area contributed by atoms with Crippen LogP contribution < -0.4 is 0 Å². The lowest BCUT2D eigenvalue weighted by Crippen LogP contribution is -2.14. The van der Waals surface area contributed by atoms with Crippen molar-refractivity contribution < 1.29 is 18.3 Å². The first-order valence-corrected chi connectivity index (χ1v) is 6.39. The highest BCUT2D eigenvalue weighted by Gasteiger charge is 2.36. The van der Waals surface area contributed by atoms with Gasteiger partial charge in [-0.05, 0) is 29.5 Å². The monoisotopic (exact) mass is 286 g/mol. The van der Waals surface area contributed by atoms with Crippen LogP contribution in [-0.4, -0.2) is 14.7 Å². The lowest BCUT2D eigenvalue weighted by Gasteiger charge is -2.21. The van der Waals surface area contributed by atoms with Crippen LogP contribution in [0.4, 0.5) is 13.2 Å². The van der Waals surface area contributed by atoms with Gasteiger partial charge in [-0.25, -0.2) is 0 Å². The zero-order valence-electron chi connectivity index (χ0n) is 11.8. The van der Waals surface area contributed by atoms with E-state index in [1.165, 1.54) is 17.7 Å². The molecule has 1 unspecified atom stereocenters. The molecule has 1 aromatic carbocycles. The average molecular weight is 286 g/mol. The molecule has 0 saturated heterocycles. The number of hydrogen-bond acceptors (Lipinski definition) is 2. The molecule has 0 aliphatic carbocycles. The molecule has 0 saturated carbocycles. The summed E-state index contributed by atoms with van der Waals surface area (Å²) in [6.45, 7) is 5.53. The van der Waals surface area contributed by atoms with E-state index in [0.29, 0.717) is 5.52 Å². The summed E-state index contributed by atoms with van der Waals surface area (Å²) in [6, 6.07) is 2.21. The Balaban J connectivity index is 2.77. The van der Waals surface area contributed by atoms with Gasteiger partial charge >= 0.3 is 6.18 Å². The van der Waals surface area contributed by atoms with Crippen LogP contribution in [-0.2, 0) is 13.2 Å². The van der Waals surface area contributed by atoms with Gasteiger partial charge in [0.2, 0.25) is 0 Å². The highest BCUT2D eigenvalue weighted by molar-refractivity contribution is 5.79. The molecule has 1 heterocycles. The van der Waals surface area contributed by atoms with E-state index in [1.54, 1.807) is 6.92 Å². The van der Waals surface area contributed by atoms with Gasteiger partial charge in [-0.1, -0.05) is 20.8 Å². The first kappa shape index (κ1) is 14.7. The van der Waals surface area contributed by atoms with Crippen molar-refractivity contribution in [2.45, 2.75) is 32.9 Å². The van der Waals surface area contributed by atoms with E-state index in [-0.39, 0.29) is 28.9 Å². The van der Waals surface area contributed by atoms with Crippen LogP contribution >= 0.6 is 0 Å². The second-order valence-electron chi connectivity index (χ2n) is 5.43. The smallest absolute Gasteiger partial charge is 0.416 e. The summed E-state index contributed by atoms with van der Waals surface area (Å²) in [7, 11) is 1.48. The Morgan fingerprint density at radius 3 is 2.30 bits per heavy atom. The summed E-state index contributed by atoms with van der Waals surface area (Å²) in [5, 5.41) is 9.55. The number of halogens is 3. The Morgan fingerprint density at radius 1 is 1.20 bits per heavy atom. The lowest BCUT2D eigenvalue weighted by molar-refractivity contribution is -0.138. The van der Waals surface area contributed by atoms with E-state index < -0.39 is 11.7 Å². The maximum atomic E-state index is 13.2. The predicted octanol–water partition coefficient (Wildman–Crippen LogP) is 4.06. The highest BCUT2D eigenvalue weighted by Crippen LogP contribution is 2.39. The van der Waals surface area contributed by atoms with Crippen LogP contribution in [0, 0.1) is 5.92 Å². The fraction of sp³-hybridized carbons (Fsp3) is 0.500. The second-order valence-corrected chi connectivity index (χ2v) is 5.43. The van der Waals surface area contributed by atoms with Crippen LogP contribution in [0.1, 0.15) is 37.8 Å². The molecule has 0 amide bonds. The predicted molar refractivity (Wildman–Crippen MR) is 70.6 cm³/mol. The Labute approximate surface area is 115 Å². The van der Waals surface area contributed by atoms with Gasteiger partial charge in [0.1, 0.15) is 0 Å². The Hall–Kier alpha value is -1.72. The summed E-state index contributed by atoms with van der Waals surface area (Å²) >= 11 is 0. The van der Waals surface area contributed by atoms with Crippen LogP contribution in [0.3, 0.4) is 0 Å². The quantitative estimate of drug-likeness (QED) is 0.904. The highest BCUT2D eigenvalue weighted by atomic mass is 19.4. The van der Waals surface area contributed by atoms with Crippen molar-refractivity contribution in [3.05, 3.63) is 23.3 Å². The maximum absolute atomic E-state index is 13.2. The molecule has 3 nitrogen and oxygen atoms in total. The third-order valence-electron chi connectivity index (χ3n) is 3.82. The Kier molecular flexibility index (Phi) is 3.44. The van der Waals surface area contributed by atoms with E-state index in [1.807, 2.05) is 13.8 Å². The molecule has 0 spiro atoms. The van der Waals surface area contributed by atoms with Crippen LogP contribution in [0.15, 0.2) is 12.1 Å². The van der Waals surface area contributed by atoms with Crippen molar-refractivity contribution in [3.63, 3.8) is 0 Å². The maximum Gasteiger partial charge on any atom is 0.416 e. The molecule has 0 radical (unpaired) electrons. The molecule has 20 heavy (non-hydrogen) atoms. The number of aryl methyl sites for hydroxylation is 1. The summed E-state index contributed by atoms with van der Waals surface area (Å²) in [6.07, 6.45) is -4.42. The third kappa shape index (κ3) is 2.34. The molecule has 2 rings (SSSR count). The number of aromatic hydroxyl groups is 1. The fourth-order valence-corrected chi connectivity index (χ4v) is 2.22. The first-order valence-electron chi connectivity index (χ1n) is 6.39. The SMILES string of the molecule is CC(C)C(C)c1cc2nc(O)n(C)c2cc1C(F)(F)F. The van der Waals surface area contributed by atoms with E-state index in [0.717, 1.165) is 6.07 Å². The first-order chi connectivity index (χ1) is 9.12.